The molecule has 3 atom stereocenters. The highest BCUT2D eigenvalue weighted by molar-refractivity contribution is 6.20. The quantitative estimate of drug-likeness (QED) is 0.288. The number of carbonyl (C=O) groups excluding carboxylic acids is 1. The Kier molecular flexibility index (Phi) is 6.71. The van der Waals surface area contributed by atoms with E-state index in [9.17, 15) is 28.8 Å². The number of anilines is 3. The fourth-order valence-corrected chi connectivity index (χ4v) is 4.01. The van der Waals surface area contributed by atoms with Gasteiger partial charge in [-0.3, -0.25) is 14.9 Å². The Hall–Kier alpha value is -3.25. The number of amides is 1. The maximum absolute atomic E-state index is 12.8. The molecule has 13 heteroatoms. The molecule has 1 saturated heterocycles. The van der Waals surface area contributed by atoms with E-state index in [4.69, 9.17) is 11.6 Å². The second-order valence-electron chi connectivity index (χ2n) is 8.19. The van der Waals surface area contributed by atoms with Gasteiger partial charge in [-0.25, -0.2) is 4.98 Å². The summed E-state index contributed by atoms with van der Waals surface area (Å²) in [6.07, 6.45) is 2.52. The van der Waals surface area contributed by atoms with E-state index in [2.05, 4.69) is 20.4 Å². The number of nitro groups is 1. The lowest BCUT2D eigenvalue weighted by atomic mass is 9.86. The molecule has 10 nitrogen and oxygen atoms in total. The number of aliphatic hydroxyl groups is 1. The highest BCUT2D eigenvalue weighted by Crippen LogP contribution is 2.33. The van der Waals surface area contributed by atoms with Gasteiger partial charge in [0, 0.05) is 47.9 Å². The van der Waals surface area contributed by atoms with Crippen molar-refractivity contribution in [3.63, 3.8) is 0 Å². The number of hydrogen-bond acceptors (Lipinski definition) is 8. The average molecular weight is 498 g/mol. The Balaban J connectivity index is 1.52. The molecular weight excluding hydrogens is 476 g/mol. The lowest BCUT2D eigenvalue weighted by molar-refractivity contribution is -0.537. The van der Waals surface area contributed by atoms with Crippen LogP contribution >= 0.6 is 11.6 Å². The largest absolute Gasteiger partial charge is 0.487 e. The summed E-state index contributed by atoms with van der Waals surface area (Å²) < 4.78 is 29.7. The molecule has 2 aromatic rings. The van der Waals surface area contributed by atoms with Crippen LogP contribution in [0.2, 0.25) is 0 Å². The first kappa shape index (κ1) is 23.9. The number of nitrogens with one attached hydrogen (secondary N) is 2. The van der Waals surface area contributed by atoms with E-state index in [-0.39, 0.29) is 16.2 Å². The zero-order valence-electron chi connectivity index (χ0n) is 17.8. The molecule has 0 radical (unpaired) electrons. The highest BCUT2D eigenvalue weighted by atomic mass is 35.5. The molecule has 0 spiro atoms. The lowest BCUT2D eigenvalue weighted by Gasteiger charge is -2.32. The number of pyridine rings is 1. The number of nitrogens with zero attached hydrogens (tertiary/aromatic N) is 3. The van der Waals surface area contributed by atoms with Crippen molar-refractivity contribution in [3.05, 3.63) is 52.2 Å². The third kappa shape index (κ3) is 5.62. The third-order valence-corrected chi connectivity index (χ3v) is 5.86. The maximum Gasteiger partial charge on any atom is 0.487 e. The molecule has 182 valence electrons. The van der Waals surface area contributed by atoms with Crippen LogP contribution < -0.4 is 20.3 Å². The molecule has 1 saturated carbocycles. The maximum atomic E-state index is 12.8. The Morgan fingerprint density at radius 2 is 2.03 bits per heavy atom. The summed E-state index contributed by atoms with van der Waals surface area (Å²) in [5.41, 5.74) is -2.87. The van der Waals surface area contributed by atoms with Crippen LogP contribution in [0.5, 0.6) is 5.75 Å². The van der Waals surface area contributed by atoms with Gasteiger partial charge in [0.25, 0.3) is 5.91 Å². The van der Waals surface area contributed by atoms with Gasteiger partial charge in [-0.15, -0.1) is 8.78 Å². The number of ether oxygens (including phenoxy) is 1. The van der Waals surface area contributed by atoms with Gasteiger partial charge in [-0.2, -0.15) is 0 Å². The minimum absolute atomic E-state index is 0.177. The lowest BCUT2D eigenvalue weighted by Crippen LogP contribution is -2.48. The van der Waals surface area contributed by atoms with Crippen molar-refractivity contribution in [2.75, 3.05) is 28.6 Å². The number of benzene rings is 1. The summed E-state index contributed by atoms with van der Waals surface area (Å²) in [6.45, 7) is 0.930. The van der Waals surface area contributed by atoms with Gasteiger partial charge in [-0.1, -0.05) is 0 Å². The van der Waals surface area contributed by atoms with Crippen molar-refractivity contribution >= 4 is 34.7 Å². The summed E-state index contributed by atoms with van der Waals surface area (Å²) >= 11 is 4.74. The first-order chi connectivity index (χ1) is 16.1. The van der Waals surface area contributed by atoms with Crippen molar-refractivity contribution in [2.45, 2.75) is 43.0 Å². The fraction of sp³-hybridized carbons (Fsp3) is 0.429. The predicted octanol–water partition coefficient (Wildman–Crippen LogP) is 3.29. The van der Waals surface area contributed by atoms with E-state index >= 15 is 0 Å². The van der Waals surface area contributed by atoms with E-state index in [1.54, 1.807) is 6.07 Å². The van der Waals surface area contributed by atoms with Gasteiger partial charge in [0.05, 0.1) is 23.4 Å². The molecule has 4 rings (SSSR count). The Morgan fingerprint density at radius 3 is 2.59 bits per heavy atom. The molecule has 1 aromatic heterocycles. The second-order valence-corrected chi connectivity index (χ2v) is 8.63. The molecule has 2 aliphatic rings. The molecule has 2 unspecified atom stereocenters. The number of β-amino-alcohol motifs (C(OH)–C–C–N with tert-alkyl or cyclic N) is 1. The van der Waals surface area contributed by atoms with E-state index in [0.717, 1.165) is 0 Å². The Labute approximate surface area is 198 Å². The molecule has 34 heavy (non-hydrogen) atoms. The molecule has 1 aliphatic carbocycles. The molecule has 1 aliphatic heterocycles. The Bertz CT molecular complexity index is 1070. The van der Waals surface area contributed by atoms with Gasteiger partial charge < -0.3 is 25.4 Å². The summed E-state index contributed by atoms with van der Waals surface area (Å²) in [4.78, 5) is 30.0. The highest BCUT2D eigenvalue weighted by Gasteiger charge is 2.41. The standard InChI is InChI=1S/C21H22ClF2N5O5/c22-21(23,24)34-15-3-1-13(2-4-15)26-20(31)12-9-17(27-16-5-6-18(16)29(32)33)19(25-10-12)28-8-7-14(30)11-28/h1-4,9-10,14,16,18,27,30H,5-8,11H2,(H,26,31)/t14-,16?,18?/m1/s1. The van der Waals surface area contributed by atoms with Crippen LogP contribution in [0.4, 0.5) is 26.0 Å². The minimum Gasteiger partial charge on any atom is -0.420 e. The number of carbonyl (C=O) groups is 1. The van der Waals surface area contributed by atoms with Crippen molar-refractivity contribution in [2.24, 2.45) is 0 Å². The molecule has 3 N–H and O–H groups in total. The zero-order chi connectivity index (χ0) is 24.5. The summed E-state index contributed by atoms with van der Waals surface area (Å²) in [5, 5.41) is 26.9. The first-order valence-corrected chi connectivity index (χ1v) is 11.0. The molecule has 1 aromatic carbocycles. The first-order valence-electron chi connectivity index (χ1n) is 10.6. The van der Waals surface area contributed by atoms with Gasteiger partial charge in [-0.05, 0) is 43.2 Å². The summed E-state index contributed by atoms with van der Waals surface area (Å²) in [6, 6.07) is 5.64. The van der Waals surface area contributed by atoms with Gasteiger partial charge in [0.1, 0.15) is 5.75 Å². The van der Waals surface area contributed by atoms with Crippen molar-refractivity contribution < 1.29 is 28.3 Å². The van der Waals surface area contributed by atoms with Crippen molar-refractivity contribution in [1.82, 2.24) is 4.98 Å². The normalized spacial score (nSPS) is 22.1. The van der Waals surface area contributed by atoms with E-state index in [0.29, 0.717) is 49.5 Å². The monoisotopic (exact) mass is 497 g/mol. The average Bonchev–Trinajstić information content (AvgIpc) is 3.17. The third-order valence-electron chi connectivity index (χ3n) is 5.79. The molecule has 2 heterocycles. The number of halogens is 3. The van der Waals surface area contributed by atoms with Crippen LogP contribution in [0.1, 0.15) is 29.6 Å². The zero-order valence-corrected chi connectivity index (χ0v) is 18.5. The van der Waals surface area contributed by atoms with Gasteiger partial charge in [0.2, 0.25) is 6.04 Å². The van der Waals surface area contributed by atoms with Crippen molar-refractivity contribution in [3.8, 4) is 5.75 Å². The van der Waals surface area contributed by atoms with Crippen LogP contribution in [0, 0.1) is 10.1 Å². The predicted molar refractivity (Wildman–Crippen MR) is 120 cm³/mol. The van der Waals surface area contributed by atoms with E-state index < -0.39 is 29.7 Å². The summed E-state index contributed by atoms with van der Waals surface area (Å²) in [7, 11) is 0. The van der Waals surface area contributed by atoms with Gasteiger partial charge >= 0.3 is 5.57 Å². The minimum atomic E-state index is -3.85. The smallest absolute Gasteiger partial charge is 0.420 e. The van der Waals surface area contributed by atoms with E-state index in [1.165, 1.54) is 30.5 Å². The number of alkyl halides is 3. The van der Waals surface area contributed by atoms with Crippen LogP contribution in [-0.4, -0.2) is 57.8 Å². The van der Waals surface area contributed by atoms with E-state index in [1.807, 2.05) is 4.90 Å². The van der Waals surface area contributed by atoms with Crippen LogP contribution in [-0.2, 0) is 0 Å². The van der Waals surface area contributed by atoms with Crippen LogP contribution in [0.25, 0.3) is 0 Å². The number of hydrogen-bond donors (Lipinski definition) is 3. The van der Waals surface area contributed by atoms with Gasteiger partial charge in [0.15, 0.2) is 5.82 Å². The Morgan fingerprint density at radius 1 is 1.29 bits per heavy atom. The fourth-order valence-electron chi connectivity index (χ4n) is 3.92. The SMILES string of the molecule is O=C(Nc1ccc(OC(F)(F)Cl)cc1)c1cnc(N2CC[C@@H](O)C2)c(NC2CCC2[N+](=O)[O-])c1. The summed E-state index contributed by atoms with van der Waals surface area (Å²) in [5.74, 6) is -0.186. The second kappa shape index (κ2) is 9.55. The molecular formula is C21H22ClF2N5O5. The topological polar surface area (TPSA) is 130 Å². The number of rotatable bonds is 8. The number of aliphatic hydroxyl groups excluding tert-OH is 1. The van der Waals surface area contributed by atoms with Crippen molar-refractivity contribution in [1.29, 1.82) is 0 Å². The van der Waals surface area contributed by atoms with Crippen LogP contribution in [0.3, 0.4) is 0 Å². The molecule has 0 bridgehead atoms. The molecule has 2 fully saturated rings. The number of aromatic nitrogens is 1. The molecule has 1 amide bonds. The van der Waals surface area contributed by atoms with Crippen LogP contribution in [0.15, 0.2) is 36.5 Å².